The highest BCUT2D eigenvalue weighted by atomic mass is 16.5. The SMILES string of the molecule is CCOC1CCCN(C(=O)C(CN)OC)C1. The second kappa shape index (κ2) is 6.83. The van der Waals surface area contributed by atoms with Gasteiger partial charge in [0, 0.05) is 33.4 Å². The Kier molecular flexibility index (Phi) is 5.73. The van der Waals surface area contributed by atoms with Gasteiger partial charge >= 0.3 is 0 Å². The summed E-state index contributed by atoms with van der Waals surface area (Å²) < 4.78 is 10.6. The molecule has 5 nitrogen and oxygen atoms in total. The molecule has 0 aromatic rings. The van der Waals surface area contributed by atoms with Crippen molar-refractivity contribution in [3.05, 3.63) is 0 Å². The van der Waals surface area contributed by atoms with Crippen LogP contribution in [0.4, 0.5) is 0 Å². The van der Waals surface area contributed by atoms with Gasteiger partial charge in [-0.05, 0) is 19.8 Å². The number of carbonyl (C=O) groups is 1. The van der Waals surface area contributed by atoms with Crippen LogP contribution in [0.25, 0.3) is 0 Å². The number of amides is 1. The predicted octanol–water partition coefficient (Wildman–Crippen LogP) is -0.0124. The third-order valence-corrected chi connectivity index (χ3v) is 2.87. The molecule has 1 saturated heterocycles. The molecule has 0 bridgehead atoms. The average molecular weight is 230 g/mol. The molecule has 1 fully saturated rings. The summed E-state index contributed by atoms with van der Waals surface area (Å²) in [5.41, 5.74) is 5.48. The zero-order chi connectivity index (χ0) is 12.0. The molecule has 1 aliphatic rings. The summed E-state index contributed by atoms with van der Waals surface area (Å²) in [6.07, 6.45) is 1.66. The Balaban J connectivity index is 2.49. The Morgan fingerprint density at radius 1 is 1.62 bits per heavy atom. The molecule has 0 saturated carbocycles. The monoisotopic (exact) mass is 230 g/mol. The standard InChI is InChI=1S/C11H22N2O3/c1-3-16-9-5-4-6-13(8-9)11(14)10(7-12)15-2/h9-10H,3-8,12H2,1-2H3. The molecule has 0 radical (unpaired) electrons. The minimum absolute atomic E-state index is 0.0191. The zero-order valence-electron chi connectivity index (χ0n) is 10.1. The first kappa shape index (κ1) is 13.4. The van der Waals surface area contributed by atoms with Gasteiger partial charge in [0.2, 0.25) is 0 Å². The molecule has 94 valence electrons. The van der Waals surface area contributed by atoms with Crippen LogP contribution >= 0.6 is 0 Å². The van der Waals surface area contributed by atoms with Crippen molar-refractivity contribution in [2.24, 2.45) is 5.73 Å². The number of hydrogen-bond donors (Lipinski definition) is 1. The second-order valence-corrected chi connectivity index (χ2v) is 3.96. The summed E-state index contributed by atoms with van der Waals surface area (Å²) in [6, 6.07) is 0. The van der Waals surface area contributed by atoms with E-state index in [4.69, 9.17) is 15.2 Å². The summed E-state index contributed by atoms with van der Waals surface area (Å²) in [5.74, 6) is -0.0191. The third kappa shape index (κ3) is 3.43. The van der Waals surface area contributed by atoms with Gasteiger partial charge in [0.1, 0.15) is 6.10 Å². The number of nitrogens with two attached hydrogens (primary N) is 1. The summed E-state index contributed by atoms with van der Waals surface area (Å²) in [6.45, 7) is 4.33. The Hall–Kier alpha value is -0.650. The van der Waals surface area contributed by atoms with Gasteiger partial charge in [-0.1, -0.05) is 0 Å². The predicted molar refractivity (Wildman–Crippen MR) is 61.1 cm³/mol. The van der Waals surface area contributed by atoms with E-state index in [1.54, 1.807) is 4.90 Å². The number of hydrogen-bond acceptors (Lipinski definition) is 4. The molecule has 5 heteroatoms. The highest BCUT2D eigenvalue weighted by molar-refractivity contribution is 5.81. The molecule has 0 aromatic heterocycles. The van der Waals surface area contributed by atoms with E-state index in [2.05, 4.69) is 0 Å². The fourth-order valence-corrected chi connectivity index (χ4v) is 2.01. The maximum Gasteiger partial charge on any atom is 0.253 e. The molecule has 0 aromatic carbocycles. The first-order chi connectivity index (χ1) is 7.72. The van der Waals surface area contributed by atoms with Crippen molar-refractivity contribution >= 4 is 5.91 Å². The highest BCUT2D eigenvalue weighted by Gasteiger charge is 2.28. The van der Waals surface area contributed by atoms with E-state index < -0.39 is 6.10 Å². The fourth-order valence-electron chi connectivity index (χ4n) is 2.01. The van der Waals surface area contributed by atoms with Crippen LogP contribution in [0.1, 0.15) is 19.8 Å². The zero-order valence-corrected chi connectivity index (χ0v) is 10.1. The molecular weight excluding hydrogens is 208 g/mol. The third-order valence-electron chi connectivity index (χ3n) is 2.87. The lowest BCUT2D eigenvalue weighted by Crippen LogP contribution is -2.49. The number of carbonyl (C=O) groups excluding carboxylic acids is 1. The first-order valence-electron chi connectivity index (χ1n) is 5.86. The lowest BCUT2D eigenvalue weighted by Gasteiger charge is -2.34. The van der Waals surface area contributed by atoms with E-state index in [0.29, 0.717) is 13.2 Å². The Morgan fingerprint density at radius 3 is 2.94 bits per heavy atom. The lowest BCUT2D eigenvalue weighted by molar-refractivity contribution is -0.145. The van der Waals surface area contributed by atoms with E-state index in [1.807, 2.05) is 6.92 Å². The normalized spacial score (nSPS) is 23.2. The Bertz CT molecular complexity index is 217. The molecule has 2 atom stereocenters. The molecule has 1 aliphatic heterocycles. The van der Waals surface area contributed by atoms with Crippen molar-refractivity contribution in [3.8, 4) is 0 Å². The maximum absolute atomic E-state index is 12.0. The second-order valence-electron chi connectivity index (χ2n) is 3.96. The van der Waals surface area contributed by atoms with E-state index in [0.717, 1.165) is 19.4 Å². The van der Waals surface area contributed by atoms with Crippen LogP contribution in [0.3, 0.4) is 0 Å². The number of piperidine rings is 1. The molecule has 2 N–H and O–H groups in total. The summed E-state index contributed by atoms with van der Waals surface area (Å²) in [5, 5.41) is 0. The molecule has 0 spiro atoms. The van der Waals surface area contributed by atoms with Crippen molar-refractivity contribution in [1.29, 1.82) is 0 Å². The van der Waals surface area contributed by atoms with Crippen molar-refractivity contribution in [2.45, 2.75) is 32.0 Å². The van der Waals surface area contributed by atoms with Crippen molar-refractivity contribution < 1.29 is 14.3 Å². The summed E-state index contributed by atoms with van der Waals surface area (Å²) in [7, 11) is 1.51. The number of ether oxygens (including phenoxy) is 2. The number of methoxy groups -OCH3 is 1. The Morgan fingerprint density at radius 2 is 2.38 bits per heavy atom. The molecule has 16 heavy (non-hydrogen) atoms. The van der Waals surface area contributed by atoms with Crippen LogP contribution < -0.4 is 5.73 Å². The van der Waals surface area contributed by atoms with Crippen LogP contribution in [0.5, 0.6) is 0 Å². The van der Waals surface area contributed by atoms with Crippen LogP contribution in [0, 0.1) is 0 Å². The smallest absolute Gasteiger partial charge is 0.253 e. The molecule has 1 rings (SSSR count). The fraction of sp³-hybridized carbons (Fsp3) is 0.909. The molecule has 2 unspecified atom stereocenters. The minimum atomic E-state index is -0.514. The largest absolute Gasteiger partial charge is 0.377 e. The summed E-state index contributed by atoms with van der Waals surface area (Å²) >= 11 is 0. The average Bonchev–Trinajstić information content (AvgIpc) is 2.31. The van der Waals surface area contributed by atoms with Crippen LogP contribution in [0.15, 0.2) is 0 Å². The van der Waals surface area contributed by atoms with Gasteiger partial charge in [0.15, 0.2) is 0 Å². The van der Waals surface area contributed by atoms with Crippen LogP contribution in [-0.4, -0.2) is 56.4 Å². The van der Waals surface area contributed by atoms with Crippen LogP contribution in [0.2, 0.25) is 0 Å². The van der Waals surface area contributed by atoms with E-state index >= 15 is 0 Å². The minimum Gasteiger partial charge on any atom is -0.377 e. The lowest BCUT2D eigenvalue weighted by atomic mass is 10.1. The molecule has 0 aliphatic carbocycles. The quantitative estimate of drug-likeness (QED) is 0.721. The molecule has 1 amide bonds. The van der Waals surface area contributed by atoms with Crippen molar-refractivity contribution in [1.82, 2.24) is 4.90 Å². The van der Waals surface area contributed by atoms with Gasteiger partial charge in [-0.3, -0.25) is 4.79 Å². The van der Waals surface area contributed by atoms with Crippen LogP contribution in [-0.2, 0) is 14.3 Å². The maximum atomic E-state index is 12.0. The molecule has 1 heterocycles. The number of likely N-dealkylation sites (tertiary alicyclic amines) is 1. The number of rotatable bonds is 5. The van der Waals surface area contributed by atoms with Crippen molar-refractivity contribution in [2.75, 3.05) is 33.4 Å². The summed E-state index contributed by atoms with van der Waals surface area (Å²) in [4.78, 5) is 13.8. The van der Waals surface area contributed by atoms with E-state index in [-0.39, 0.29) is 18.6 Å². The molecular formula is C11H22N2O3. The van der Waals surface area contributed by atoms with Gasteiger partial charge in [0.25, 0.3) is 5.91 Å². The first-order valence-corrected chi connectivity index (χ1v) is 5.86. The number of nitrogens with zero attached hydrogens (tertiary/aromatic N) is 1. The van der Waals surface area contributed by atoms with Gasteiger partial charge < -0.3 is 20.1 Å². The van der Waals surface area contributed by atoms with E-state index in [1.165, 1.54) is 7.11 Å². The highest BCUT2D eigenvalue weighted by Crippen LogP contribution is 2.14. The van der Waals surface area contributed by atoms with Gasteiger partial charge in [0.05, 0.1) is 6.10 Å². The topological polar surface area (TPSA) is 64.8 Å². The van der Waals surface area contributed by atoms with Gasteiger partial charge in [-0.25, -0.2) is 0 Å². The van der Waals surface area contributed by atoms with Gasteiger partial charge in [-0.15, -0.1) is 0 Å². The Labute approximate surface area is 96.9 Å². The van der Waals surface area contributed by atoms with E-state index in [9.17, 15) is 4.79 Å². The van der Waals surface area contributed by atoms with Crippen molar-refractivity contribution in [3.63, 3.8) is 0 Å². The van der Waals surface area contributed by atoms with Gasteiger partial charge in [-0.2, -0.15) is 0 Å².